The van der Waals surface area contributed by atoms with Crippen molar-refractivity contribution in [1.29, 1.82) is 0 Å². The third-order valence-electron chi connectivity index (χ3n) is 3.36. The van der Waals surface area contributed by atoms with E-state index in [0.717, 1.165) is 0 Å². The molecule has 0 fully saturated rings. The normalized spacial score (nSPS) is 13.5. The van der Waals surface area contributed by atoms with E-state index in [2.05, 4.69) is 10.6 Å². The van der Waals surface area contributed by atoms with Gasteiger partial charge in [0.05, 0.1) is 6.54 Å². The van der Waals surface area contributed by atoms with Crippen molar-refractivity contribution in [3.63, 3.8) is 0 Å². The van der Waals surface area contributed by atoms with Crippen LogP contribution in [0.3, 0.4) is 0 Å². The first kappa shape index (κ1) is 18.1. The van der Waals surface area contributed by atoms with Gasteiger partial charge in [-0.15, -0.1) is 0 Å². The highest BCUT2D eigenvalue weighted by Crippen LogP contribution is 2.26. The molecule has 1 rings (SSSR count). The Hall–Kier alpha value is -1.95. The highest BCUT2D eigenvalue weighted by molar-refractivity contribution is 6.35. The molecule has 2 amide bonds. The first-order valence-corrected chi connectivity index (χ1v) is 7.16. The molecule has 0 aliphatic heterocycles. The van der Waals surface area contributed by atoms with Crippen molar-refractivity contribution in [1.82, 2.24) is 10.6 Å². The zero-order valence-corrected chi connectivity index (χ0v) is 13.4. The number of benzene rings is 1. The maximum Gasteiger partial charge on any atom is 0.309 e. The summed E-state index contributed by atoms with van der Waals surface area (Å²) in [6.07, 6.45) is 0. The first-order valence-electron chi connectivity index (χ1n) is 7.16. The summed E-state index contributed by atoms with van der Waals surface area (Å²) in [7, 11) is 1.43. The van der Waals surface area contributed by atoms with Crippen molar-refractivity contribution < 1.29 is 18.7 Å². The van der Waals surface area contributed by atoms with Crippen LogP contribution in [0, 0.1) is 11.7 Å². The van der Waals surface area contributed by atoms with Crippen LogP contribution in [0.2, 0.25) is 0 Å². The lowest BCUT2D eigenvalue weighted by molar-refractivity contribution is -0.140. The van der Waals surface area contributed by atoms with Gasteiger partial charge in [0.25, 0.3) is 0 Å². The number of methoxy groups -OCH3 is 1. The molecule has 0 aliphatic carbocycles. The Morgan fingerprint density at radius 1 is 1.23 bits per heavy atom. The van der Waals surface area contributed by atoms with Gasteiger partial charge in [-0.2, -0.15) is 0 Å². The van der Waals surface area contributed by atoms with Crippen LogP contribution in [0.25, 0.3) is 0 Å². The smallest absolute Gasteiger partial charge is 0.309 e. The van der Waals surface area contributed by atoms with Crippen LogP contribution >= 0.6 is 0 Å². The van der Waals surface area contributed by atoms with Crippen molar-refractivity contribution in [3.05, 3.63) is 35.6 Å². The standard InChI is InChI=1S/C16H23FN2O3/c1-11(2)9-18-14(20)15(21)19-10-16(3,22-4)12-7-5-6-8-13(12)17/h5-8,11H,9-10H2,1-4H3,(H,18,20)(H,19,21). The van der Waals surface area contributed by atoms with Crippen LogP contribution in [0.5, 0.6) is 0 Å². The molecule has 0 heterocycles. The molecule has 6 heteroatoms. The van der Waals surface area contributed by atoms with E-state index < -0.39 is 23.2 Å². The topological polar surface area (TPSA) is 67.4 Å². The zero-order chi connectivity index (χ0) is 16.8. The molecule has 0 aromatic heterocycles. The van der Waals surface area contributed by atoms with Gasteiger partial charge < -0.3 is 15.4 Å². The second kappa shape index (κ2) is 7.89. The van der Waals surface area contributed by atoms with Crippen LogP contribution in [-0.2, 0) is 19.9 Å². The van der Waals surface area contributed by atoms with Gasteiger partial charge in [-0.25, -0.2) is 4.39 Å². The molecule has 5 nitrogen and oxygen atoms in total. The molecule has 0 spiro atoms. The molecule has 0 bridgehead atoms. The molecule has 22 heavy (non-hydrogen) atoms. The number of amides is 2. The number of halogens is 1. The van der Waals surface area contributed by atoms with Crippen molar-refractivity contribution >= 4 is 11.8 Å². The van der Waals surface area contributed by atoms with E-state index in [1.807, 2.05) is 13.8 Å². The summed E-state index contributed by atoms with van der Waals surface area (Å²) in [5.74, 6) is -1.65. The quantitative estimate of drug-likeness (QED) is 0.784. The lowest BCUT2D eigenvalue weighted by atomic mass is 9.95. The van der Waals surface area contributed by atoms with Crippen LogP contribution < -0.4 is 10.6 Å². The molecule has 0 aliphatic rings. The number of carbonyl (C=O) groups excluding carboxylic acids is 2. The molecule has 2 N–H and O–H groups in total. The Kier molecular flexibility index (Phi) is 6.49. The Labute approximate surface area is 130 Å². The van der Waals surface area contributed by atoms with Crippen molar-refractivity contribution in [3.8, 4) is 0 Å². The van der Waals surface area contributed by atoms with E-state index >= 15 is 0 Å². The lowest BCUT2D eigenvalue weighted by Crippen LogP contribution is -2.46. The minimum Gasteiger partial charge on any atom is -0.372 e. The summed E-state index contributed by atoms with van der Waals surface area (Å²) in [6, 6.07) is 6.17. The van der Waals surface area contributed by atoms with E-state index in [4.69, 9.17) is 4.74 Å². The van der Waals surface area contributed by atoms with Crippen LogP contribution in [-0.4, -0.2) is 32.0 Å². The second-order valence-corrected chi connectivity index (χ2v) is 5.70. The summed E-state index contributed by atoms with van der Waals surface area (Å²) >= 11 is 0. The SMILES string of the molecule is COC(C)(CNC(=O)C(=O)NCC(C)C)c1ccccc1F. The van der Waals surface area contributed by atoms with Gasteiger partial charge in [0.2, 0.25) is 0 Å². The summed E-state index contributed by atoms with van der Waals surface area (Å²) in [5, 5.41) is 5.00. The lowest BCUT2D eigenvalue weighted by Gasteiger charge is -2.29. The molecule has 0 saturated heterocycles. The van der Waals surface area contributed by atoms with Gasteiger partial charge in [-0.05, 0) is 18.9 Å². The molecular weight excluding hydrogens is 287 g/mol. The van der Waals surface area contributed by atoms with Gasteiger partial charge >= 0.3 is 11.8 Å². The van der Waals surface area contributed by atoms with Gasteiger partial charge in [-0.1, -0.05) is 32.0 Å². The van der Waals surface area contributed by atoms with E-state index in [1.165, 1.54) is 13.2 Å². The molecule has 1 unspecified atom stereocenters. The fourth-order valence-corrected chi connectivity index (χ4v) is 1.87. The minimum atomic E-state index is -1.06. The fraction of sp³-hybridized carbons (Fsp3) is 0.500. The summed E-state index contributed by atoms with van der Waals surface area (Å²) in [6.45, 7) is 5.91. The summed E-state index contributed by atoms with van der Waals surface area (Å²) in [5.41, 5.74) is -0.736. The largest absolute Gasteiger partial charge is 0.372 e. The summed E-state index contributed by atoms with van der Waals surface area (Å²) < 4.78 is 19.2. The van der Waals surface area contributed by atoms with Crippen molar-refractivity contribution in [2.45, 2.75) is 26.4 Å². The third-order valence-corrected chi connectivity index (χ3v) is 3.36. The molecule has 122 valence electrons. The molecule has 0 radical (unpaired) electrons. The van der Waals surface area contributed by atoms with Gasteiger partial charge in [0, 0.05) is 19.2 Å². The highest BCUT2D eigenvalue weighted by atomic mass is 19.1. The minimum absolute atomic E-state index is 0.0155. The Morgan fingerprint density at radius 3 is 2.36 bits per heavy atom. The van der Waals surface area contributed by atoms with E-state index in [1.54, 1.807) is 25.1 Å². The Bertz CT molecular complexity index is 534. The molecular formula is C16H23FN2O3. The second-order valence-electron chi connectivity index (χ2n) is 5.70. The first-order chi connectivity index (χ1) is 10.3. The van der Waals surface area contributed by atoms with E-state index in [9.17, 15) is 14.0 Å². The maximum absolute atomic E-state index is 13.9. The fourth-order valence-electron chi connectivity index (χ4n) is 1.87. The average molecular weight is 310 g/mol. The van der Waals surface area contributed by atoms with Crippen molar-refractivity contribution in [2.75, 3.05) is 20.2 Å². The third kappa shape index (κ3) is 4.80. The Morgan fingerprint density at radius 2 is 1.82 bits per heavy atom. The highest BCUT2D eigenvalue weighted by Gasteiger charge is 2.30. The predicted octanol–water partition coefficient (Wildman–Crippen LogP) is 1.58. The number of nitrogens with one attached hydrogen (secondary N) is 2. The van der Waals surface area contributed by atoms with Crippen LogP contribution in [0.4, 0.5) is 4.39 Å². The van der Waals surface area contributed by atoms with E-state index in [0.29, 0.717) is 12.1 Å². The molecule has 1 atom stereocenters. The predicted molar refractivity (Wildman–Crippen MR) is 81.6 cm³/mol. The monoisotopic (exact) mass is 310 g/mol. The number of carbonyl (C=O) groups is 2. The number of hydrogen-bond acceptors (Lipinski definition) is 3. The number of ether oxygens (including phenoxy) is 1. The van der Waals surface area contributed by atoms with Gasteiger partial charge in [-0.3, -0.25) is 9.59 Å². The van der Waals surface area contributed by atoms with Gasteiger partial charge in [0.15, 0.2) is 0 Å². The zero-order valence-electron chi connectivity index (χ0n) is 13.4. The van der Waals surface area contributed by atoms with Crippen LogP contribution in [0.15, 0.2) is 24.3 Å². The molecule has 1 aromatic carbocycles. The van der Waals surface area contributed by atoms with Crippen LogP contribution in [0.1, 0.15) is 26.3 Å². The van der Waals surface area contributed by atoms with E-state index in [-0.39, 0.29) is 12.5 Å². The maximum atomic E-state index is 13.9. The Balaban J connectivity index is 2.69. The molecule has 1 aromatic rings. The average Bonchev–Trinajstić information content (AvgIpc) is 2.50. The van der Waals surface area contributed by atoms with Crippen molar-refractivity contribution in [2.24, 2.45) is 5.92 Å². The summed E-state index contributed by atoms with van der Waals surface area (Å²) in [4.78, 5) is 23.4. The number of rotatable bonds is 6. The van der Waals surface area contributed by atoms with Gasteiger partial charge in [0.1, 0.15) is 11.4 Å². The number of hydrogen-bond donors (Lipinski definition) is 2. The molecule has 0 saturated carbocycles.